The highest BCUT2D eigenvalue weighted by atomic mass is 32.1. The average molecular weight is 441 g/mol. The van der Waals surface area contributed by atoms with E-state index in [1.165, 1.54) is 12.1 Å². The zero-order chi connectivity index (χ0) is 21.8. The van der Waals surface area contributed by atoms with Gasteiger partial charge in [-0.25, -0.2) is 9.07 Å². The number of halogens is 1. The number of hydrogen-bond acceptors (Lipinski definition) is 5. The summed E-state index contributed by atoms with van der Waals surface area (Å²) in [5.41, 5.74) is 1.69. The number of ether oxygens (including phenoxy) is 1. The molecular formula is C23H25FN4O2S. The van der Waals surface area contributed by atoms with Gasteiger partial charge in [-0.3, -0.25) is 14.3 Å². The van der Waals surface area contributed by atoms with Gasteiger partial charge in [-0.1, -0.05) is 30.3 Å². The average Bonchev–Trinajstić information content (AvgIpc) is 3.11. The summed E-state index contributed by atoms with van der Waals surface area (Å²) in [5.74, 6) is 0.263. The van der Waals surface area contributed by atoms with Gasteiger partial charge in [-0.05, 0) is 56.2 Å². The van der Waals surface area contributed by atoms with Gasteiger partial charge in [0.15, 0.2) is 5.82 Å². The maximum absolute atomic E-state index is 13.5. The standard InChI is InChI=1S/C23H25FN4O2S/c1-2-30-22(29)18-12-14-26(15-13-18)16-27-23(31)28(20-10-8-19(24)9-11-20)21(25-27)17-6-4-3-5-7-17/h3-11,18H,2,12-16H2,1H3. The van der Waals surface area contributed by atoms with E-state index in [0.717, 1.165) is 37.2 Å². The molecule has 2 aromatic carbocycles. The molecule has 162 valence electrons. The molecule has 8 heteroatoms. The Morgan fingerprint density at radius 3 is 2.45 bits per heavy atom. The quantitative estimate of drug-likeness (QED) is 0.419. The van der Waals surface area contributed by atoms with E-state index < -0.39 is 0 Å². The lowest BCUT2D eigenvalue weighted by Crippen LogP contribution is -2.38. The highest BCUT2D eigenvalue weighted by Gasteiger charge is 2.26. The lowest BCUT2D eigenvalue weighted by molar-refractivity contribution is -0.149. The lowest BCUT2D eigenvalue weighted by atomic mass is 9.97. The first-order valence-electron chi connectivity index (χ1n) is 10.5. The van der Waals surface area contributed by atoms with E-state index in [0.29, 0.717) is 23.9 Å². The normalized spacial score (nSPS) is 15.2. The number of carbonyl (C=O) groups is 1. The van der Waals surface area contributed by atoms with Gasteiger partial charge in [0.05, 0.1) is 24.9 Å². The molecule has 2 heterocycles. The molecule has 1 aliphatic rings. The van der Waals surface area contributed by atoms with Gasteiger partial charge < -0.3 is 4.74 Å². The molecule has 1 aromatic heterocycles. The fourth-order valence-electron chi connectivity index (χ4n) is 3.86. The first-order valence-corrected chi connectivity index (χ1v) is 10.9. The largest absolute Gasteiger partial charge is 0.466 e. The van der Waals surface area contributed by atoms with Crippen LogP contribution in [0.2, 0.25) is 0 Å². The maximum Gasteiger partial charge on any atom is 0.309 e. The highest BCUT2D eigenvalue weighted by Crippen LogP contribution is 2.24. The molecule has 0 unspecified atom stereocenters. The van der Waals surface area contributed by atoms with E-state index >= 15 is 0 Å². The molecule has 0 amide bonds. The van der Waals surface area contributed by atoms with Gasteiger partial charge in [0.2, 0.25) is 4.77 Å². The number of rotatable bonds is 6. The number of benzene rings is 2. The van der Waals surface area contributed by atoms with Crippen molar-refractivity contribution in [3.8, 4) is 17.1 Å². The van der Waals surface area contributed by atoms with E-state index in [2.05, 4.69) is 4.90 Å². The van der Waals surface area contributed by atoms with Gasteiger partial charge in [0.25, 0.3) is 0 Å². The number of nitrogens with zero attached hydrogens (tertiary/aromatic N) is 4. The van der Waals surface area contributed by atoms with Crippen LogP contribution in [-0.4, -0.2) is 44.9 Å². The molecule has 0 radical (unpaired) electrons. The van der Waals surface area contributed by atoms with Crippen LogP contribution in [0, 0.1) is 16.5 Å². The summed E-state index contributed by atoms with van der Waals surface area (Å²) in [4.78, 5) is 14.2. The van der Waals surface area contributed by atoms with Crippen LogP contribution in [-0.2, 0) is 16.2 Å². The van der Waals surface area contributed by atoms with Gasteiger partial charge in [0, 0.05) is 18.7 Å². The van der Waals surface area contributed by atoms with Gasteiger partial charge >= 0.3 is 5.97 Å². The first-order chi connectivity index (χ1) is 15.1. The minimum atomic E-state index is -0.298. The number of likely N-dealkylation sites (tertiary alicyclic amines) is 1. The number of aromatic nitrogens is 3. The molecule has 0 bridgehead atoms. The second-order valence-electron chi connectivity index (χ2n) is 7.57. The van der Waals surface area contributed by atoms with Crippen LogP contribution in [0.1, 0.15) is 19.8 Å². The van der Waals surface area contributed by atoms with Gasteiger partial charge in [-0.2, -0.15) is 0 Å². The van der Waals surface area contributed by atoms with Crippen LogP contribution >= 0.6 is 12.2 Å². The fourth-order valence-corrected chi connectivity index (χ4v) is 4.15. The minimum absolute atomic E-state index is 0.0409. The second-order valence-corrected chi connectivity index (χ2v) is 7.93. The molecule has 31 heavy (non-hydrogen) atoms. The number of esters is 1. The fraction of sp³-hybridized carbons (Fsp3) is 0.348. The Morgan fingerprint density at radius 1 is 1.13 bits per heavy atom. The Hall–Kier alpha value is -2.84. The van der Waals surface area contributed by atoms with E-state index in [1.54, 1.807) is 16.8 Å². The van der Waals surface area contributed by atoms with Crippen LogP contribution in [0.4, 0.5) is 4.39 Å². The lowest BCUT2D eigenvalue weighted by Gasteiger charge is -2.30. The molecule has 1 saturated heterocycles. The summed E-state index contributed by atoms with van der Waals surface area (Å²) >= 11 is 5.76. The van der Waals surface area contributed by atoms with Crippen molar-refractivity contribution < 1.29 is 13.9 Å². The van der Waals surface area contributed by atoms with Crippen molar-refractivity contribution in [2.24, 2.45) is 5.92 Å². The molecule has 0 N–H and O–H groups in total. The monoisotopic (exact) mass is 440 g/mol. The second kappa shape index (κ2) is 9.53. The third-order valence-electron chi connectivity index (χ3n) is 5.50. The Morgan fingerprint density at radius 2 is 1.81 bits per heavy atom. The maximum atomic E-state index is 13.5. The summed E-state index contributed by atoms with van der Waals surface area (Å²) in [7, 11) is 0. The van der Waals surface area contributed by atoms with E-state index in [-0.39, 0.29) is 17.7 Å². The topological polar surface area (TPSA) is 52.3 Å². The third-order valence-corrected chi connectivity index (χ3v) is 5.89. The number of hydrogen-bond donors (Lipinski definition) is 0. The van der Waals surface area contributed by atoms with E-state index in [1.807, 2.05) is 41.8 Å². The molecule has 6 nitrogen and oxygen atoms in total. The predicted octanol–water partition coefficient (Wildman–Crippen LogP) is 4.44. The molecule has 4 rings (SSSR count). The molecular weight excluding hydrogens is 415 g/mol. The van der Waals surface area contributed by atoms with Crippen molar-refractivity contribution in [2.75, 3.05) is 19.7 Å². The van der Waals surface area contributed by atoms with Crippen LogP contribution in [0.5, 0.6) is 0 Å². The van der Waals surface area contributed by atoms with Crippen LogP contribution in [0.3, 0.4) is 0 Å². The summed E-state index contributed by atoms with van der Waals surface area (Å²) < 4.78 is 22.8. The minimum Gasteiger partial charge on any atom is -0.466 e. The van der Waals surface area contributed by atoms with Crippen molar-refractivity contribution in [3.05, 3.63) is 65.2 Å². The molecule has 0 spiro atoms. The first kappa shape index (κ1) is 21.4. The van der Waals surface area contributed by atoms with Crippen LogP contribution < -0.4 is 0 Å². The zero-order valence-corrected chi connectivity index (χ0v) is 18.2. The zero-order valence-electron chi connectivity index (χ0n) is 17.4. The van der Waals surface area contributed by atoms with Crippen molar-refractivity contribution in [1.82, 2.24) is 19.2 Å². The smallest absolute Gasteiger partial charge is 0.309 e. The molecule has 1 aliphatic heterocycles. The molecule has 1 fully saturated rings. The Balaban J connectivity index is 1.60. The number of carbonyl (C=O) groups excluding carboxylic acids is 1. The number of piperidine rings is 1. The summed E-state index contributed by atoms with van der Waals surface area (Å²) in [6.45, 7) is 4.32. The SMILES string of the molecule is CCOC(=O)C1CCN(Cn2nc(-c3ccccc3)n(-c3ccc(F)cc3)c2=S)CC1. The third kappa shape index (κ3) is 4.75. The van der Waals surface area contributed by atoms with Crippen molar-refractivity contribution >= 4 is 18.2 Å². The summed E-state index contributed by atoms with van der Waals surface area (Å²) in [5, 5.41) is 4.80. The van der Waals surface area contributed by atoms with Crippen LogP contribution in [0.25, 0.3) is 17.1 Å². The highest BCUT2D eigenvalue weighted by molar-refractivity contribution is 7.71. The van der Waals surface area contributed by atoms with E-state index in [9.17, 15) is 9.18 Å². The van der Waals surface area contributed by atoms with Crippen molar-refractivity contribution in [1.29, 1.82) is 0 Å². The Bertz CT molecular complexity index is 1090. The van der Waals surface area contributed by atoms with Crippen molar-refractivity contribution in [2.45, 2.75) is 26.4 Å². The summed E-state index contributed by atoms with van der Waals surface area (Å²) in [6, 6.07) is 16.1. The van der Waals surface area contributed by atoms with Crippen molar-refractivity contribution in [3.63, 3.8) is 0 Å². The van der Waals surface area contributed by atoms with Gasteiger partial charge in [0.1, 0.15) is 5.82 Å². The Kier molecular flexibility index (Phi) is 6.58. The molecule has 0 atom stereocenters. The molecule has 0 aliphatic carbocycles. The van der Waals surface area contributed by atoms with Crippen LogP contribution in [0.15, 0.2) is 54.6 Å². The summed E-state index contributed by atoms with van der Waals surface area (Å²) in [6.07, 6.45) is 1.52. The molecule has 3 aromatic rings. The predicted molar refractivity (Wildman–Crippen MR) is 119 cm³/mol. The van der Waals surface area contributed by atoms with E-state index in [4.69, 9.17) is 22.1 Å². The van der Waals surface area contributed by atoms with Gasteiger partial charge in [-0.15, -0.1) is 5.10 Å². The molecule has 0 saturated carbocycles. The Labute approximate surface area is 185 Å².